The van der Waals surface area contributed by atoms with Gasteiger partial charge in [0.1, 0.15) is 0 Å². The van der Waals surface area contributed by atoms with Crippen LogP contribution in [0.1, 0.15) is 12.8 Å². The molecule has 0 aromatic rings. The van der Waals surface area contributed by atoms with Crippen LogP contribution in [0.5, 0.6) is 0 Å². The number of hydrogen-bond donors (Lipinski definition) is 0. The molecule has 2 N–H and O–H groups in total. The quantitative estimate of drug-likeness (QED) is 0.505. The van der Waals surface area contributed by atoms with Gasteiger partial charge < -0.3 is 11.5 Å². The van der Waals surface area contributed by atoms with Gasteiger partial charge in [-0.3, -0.25) is 0 Å². The molecule has 0 atom stereocenters. The van der Waals surface area contributed by atoms with Crippen LogP contribution in [0.2, 0.25) is 9.88 Å². The van der Waals surface area contributed by atoms with Crippen LogP contribution in [-0.2, 0) is 0 Å². The summed E-state index contributed by atoms with van der Waals surface area (Å²) in [5.41, 5.74) is 13.2. The van der Waals surface area contributed by atoms with Gasteiger partial charge in [-0.05, 0) is 0 Å². The first-order valence-corrected chi connectivity index (χ1v) is 22.1. The van der Waals surface area contributed by atoms with Crippen LogP contribution in [-0.4, -0.2) is 27.0 Å². The van der Waals surface area contributed by atoms with Gasteiger partial charge in [-0.2, -0.15) is 13.1 Å². The van der Waals surface area contributed by atoms with Gasteiger partial charge in [0.15, 0.2) is 0 Å². The molecule has 11 heavy (non-hydrogen) atoms. The predicted molar refractivity (Wildman–Crippen MR) is 62.9 cm³/mol. The Kier molecular flexibility index (Phi) is 13.5. The second kappa shape index (κ2) is 9.76. The fraction of sp³-hybridized carbons (Fsp3) is 1.00. The van der Waals surface area contributed by atoms with E-state index in [1.807, 2.05) is 0 Å². The molecule has 0 unspecified atom stereocenters. The summed E-state index contributed by atoms with van der Waals surface area (Å²) in [5, 5.41) is 0. The van der Waals surface area contributed by atoms with Crippen molar-refractivity contribution in [2.75, 3.05) is 13.1 Å². The summed E-state index contributed by atoms with van der Waals surface area (Å²) in [6, 6.07) is 0. The van der Waals surface area contributed by atoms with Gasteiger partial charge in [-0.25, -0.2) is 0 Å². The first-order chi connectivity index (χ1) is 4.91. The van der Waals surface area contributed by atoms with E-state index in [1.54, 1.807) is 0 Å². The number of nitrogens with one attached hydrogen (secondary N) is 2. The summed E-state index contributed by atoms with van der Waals surface area (Å²) in [6.07, 6.45) is 1.78. The second-order valence-electron chi connectivity index (χ2n) is 2.53. The van der Waals surface area contributed by atoms with E-state index in [0.717, 1.165) is 12.8 Å². The minimum Gasteiger partial charge on any atom is -0.677 e. The van der Waals surface area contributed by atoms with Gasteiger partial charge in [0.25, 0.3) is 0 Å². The van der Waals surface area contributed by atoms with E-state index in [4.69, 9.17) is 11.5 Å². The summed E-state index contributed by atoms with van der Waals surface area (Å²) >= 11 is 5.45. The number of halogens is 2. The molecule has 0 spiro atoms. The van der Waals surface area contributed by atoms with Crippen LogP contribution in [0.15, 0.2) is 0 Å². The van der Waals surface area contributed by atoms with Crippen LogP contribution in [0.3, 0.4) is 0 Å². The molecule has 0 amide bonds. The monoisotopic (exact) mass is 394 g/mol. The smallest absolute Gasteiger partial charge is 0.0741 e. The summed E-state index contributed by atoms with van der Waals surface area (Å²) < 4.78 is 0. The van der Waals surface area contributed by atoms with Gasteiger partial charge >= 0.3 is 49.2 Å². The van der Waals surface area contributed by atoms with Gasteiger partial charge in [0, 0.05) is 0 Å². The summed E-state index contributed by atoms with van der Waals surface area (Å²) in [7, 11) is 0. The van der Waals surface area contributed by atoms with Crippen molar-refractivity contribution < 1.29 is 0 Å². The van der Waals surface area contributed by atoms with Crippen LogP contribution >= 0.6 is 25.4 Å². The fourth-order valence-electron chi connectivity index (χ4n) is 0.250. The Morgan fingerprint density at radius 3 is 1.27 bits per heavy atom. The van der Waals surface area contributed by atoms with Crippen molar-refractivity contribution in [3.05, 3.63) is 11.5 Å². The third-order valence-corrected chi connectivity index (χ3v) is 0.604. The van der Waals surface area contributed by atoms with E-state index >= 15 is 0 Å². The van der Waals surface area contributed by atoms with Crippen molar-refractivity contribution in [3.63, 3.8) is 0 Å². The van der Waals surface area contributed by atoms with Crippen LogP contribution in [0.25, 0.3) is 11.5 Å². The van der Waals surface area contributed by atoms with Crippen molar-refractivity contribution in [2.24, 2.45) is 0 Å². The molecule has 0 aliphatic carbocycles. The molecule has 0 saturated heterocycles. The van der Waals surface area contributed by atoms with E-state index in [1.165, 1.54) is 0 Å². The maximum absolute atomic E-state index is 6.62. The Morgan fingerprint density at radius 1 is 1.00 bits per heavy atom. The summed E-state index contributed by atoms with van der Waals surface area (Å²) in [4.78, 5) is 4.46. The molecule has 5 heteroatoms. The zero-order chi connectivity index (χ0) is 9.33. The van der Waals surface area contributed by atoms with Crippen molar-refractivity contribution in [2.45, 2.75) is 22.7 Å². The van der Waals surface area contributed by atoms with Crippen LogP contribution in [0.4, 0.5) is 0 Å². The number of rotatable bonds is 3. The fourth-order valence-corrected chi connectivity index (χ4v) is 0.250. The summed E-state index contributed by atoms with van der Waals surface area (Å²) in [6.45, 7) is 0.970. The average molecular weight is 395 g/mol. The first-order valence-electron chi connectivity index (χ1n) is 3.59. The zero-order valence-corrected chi connectivity index (χ0v) is 13.1. The van der Waals surface area contributed by atoms with E-state index < -0.39 is 13.9 Å². The van der Waals surface area contributed by atoms with Gasteiger partial charge in [0.05, 0.1) is 0 Å². The molecule has 70 valence electrons. The van der Waals surface area contributed by atoms with Gasteiger partial charge in [0.2, 0.25) is 0 Å². The van der Waals surface area contributed by atoms with Crippen molar-refractivity contribution >= 4 is 39.3 Å². The SMILES string of the molecule is [CH3][Sn]([CH3])([Br])[Br].[NH-]CCCC[NH-]. The Morgan fingerprint density at radius 2 is 1.18 bits per heavy atom. The second-order valence-corrected chi connectivity index (χ2v) is 43.8. The molecule has 2 nitrogen and oxygen atoms in total. The molecule has 0 bridgehead atoms. The molecule has 0 radical (unpaired) electrons. The molecule has 0 aromatic carbocycles. The standard InChI is InChI=1S/C4H10N2.2CH3.2BrH.Sn/c5-3-1-2-4-6;;;;;/h5-6H,1-4H2;2*1H3;2*1H;/q-2;;;;;+2/p-2. The van der Waals surface area contributed by atoms with Crippen LogP contribution < -0.4 is 0 Å². The molecule has 0 fully saturated rings. The Labute approximate surface area is 85.9 Å². The van der Waals surface area contributed by atoms with E-state index in [0.29, 0.717) is 13.1 Å². The third kappa shape index (κ3) is 50.0. The van der Waals surface area contributed by atoms with Gasteiger partial charge in [-0.1, -0.05) is 12.8 Å². The largest absolute Gasteiger partial charge is 0.677 e. The molecule has 0 aliphatic heterocycles. The molecule has 0 aromatic heterocycles. The zero-order valence-electron chi connectivity index (χ0n) is 7.08. The van der Waals surface area contributed by atoms with Crippen molar-refractivity contribution in [3.8, 4) is 0 Å². The van der Waals surface area contributed by atoms with E-state index in [-0.39, 0.29) is 0 Å². The Bertz CT molecular complexity index is 65.5. The molecular weight excluding hydrogens is 379 g/mol. The number of unbranched alkanes of at least 4 members (excludes halogenated alkanes) is 1. The Balaban J connectivity index is 0. The molecule has 0 aliphatic rings. The predicted octanol–water partition coefficient (Wildman–Crippen LogP) is 4.35. The van der Waals surface area contributed by atoms with Gasteiger partial charge in [-0.15, -0.1) is 0 Å². The maximum Gasteiger partial charge on any atom is -0.0741 e. The summed E-state index contributed by atoms with van der Waals surface area (Å²) in [5.74, 6) is 0. The van der Waals surface area contributed by atoms with Crippen molar-refractivity contribution in [1.82, 2.24) is 0 Å². The normalized spacial score (nSPS) is 10.4. The van der Waals surface area contributed by atoms with Crippen molar-refractivity contribution in [1.29, 1.82) is 0 Å². The van der Waals surface area contributed by atoms with E-state index in [9.17, 15) is 0 Å². The maximum atomic E-state index is 6.62. The molecule has 0 heterocycles. The van der Waals surface area contributed by atoms with Crippen LogP contribution in [0, 0.1) is 0 Å². The minimum absolute atomic E-state index is 0.485. The average Bonchev–Trinajstić information content (AvgIpc) is 1.79. The topological polar surface area (TPSA) is 47.6 Å². The minimum atomic E-state index is -1.55. The third-order valence-electron chi connectivity index (χ3n) is 0.604. The molecule has 0 rings (SSSR count). The van der Waals surface area contributed by atoms with E-state index in [2.05, 4.69) is 35.3 Å². The molecular formula is C6H16Br2N2Sn-2. The number of hydrogen-bond acceptors (Lipinski definition) is 0. The Hall–Kier alpha value is 1.68. The first kappa shape index (κ1) is 15.2. The molecule has 0 saturated carbocycles.